The van der Waals surface area contributed by atoms with Crippen LogP contribution in [0.15, 0.2) is 28.0 Å². The number of rotatable bonds is 3. The summed E-state index contributed by atoms with van der Waals surface area (Å²) in [5.74, 6) is 0.441. The average Bonchev–Trinajstić information content (AvgIpc) is 3.01. The number of hydrogen-bond acceptors (Lipinski definition) is 4. The summed E-state index contributed by atoms with van der Waals surface area (Å²) in [6.45, 7) is 0. The zero-order valence-corrected chi connectivity index (χ0v) is 11.4. The van der Waals surface area contributed by atoms with E-state index in [9.17, 15) is 4.79 Å². The maximum absolute atomic E-state index is 12.2. The van der Waals surface area contributed by atoms with E-state index in [2.05, 4.69) is 31.1 Å². The van der Waals surface area contributed by atoms with Gasteiger partial charge in [-0.05, 0) is 28.8 Å². The molecule has 1 fully saturated rings. The molecule has 0 radical (unpaired) electrons. The van der Waals surface area contributed by atoms with Gasteiger partial charge < -0.3 is 9.47 Å². The van der Waals surface area contributed by atoms with Crippen LogP contribution >= 0.6 is 15.9 Å². The quantitative estimate of drug-likeness (QED) is 0.934. The molecule has 0 spiro atoms. The minimum Gasteiger partial charge on any atom is -0.316 e. The van der Waals surface area contributed by atoms with Crippen molar-refractivity contribution in [3.63, 3.8) is 0 Å². The molecule has 6 nitrogen and oxygen atoms in total. The molecule has 1 N–H and O–H groups in total. The molecule has 18 heavy (non-hydrogen) atoms. The molecule has 94 valence electrons. The van der Waals surface area contributed by atoms with Crippen LogP contribution in [0.4, 0.5) is 11.5 Å². The molecule has 0 amide bonds. The SMILES string of the molecule is Cn1cc(Br)nc(N(c2cn[nH]c2)C2CC2)c1=O. The molecular formula is C11H12BrN5O. The number of anilines is 2. The Balaban J connectivity index is 2.14. The van der Waals surface area contributed by atoms with Crippen LogP contribution in [0.2, 0.25) is 0 Å². The number of H-pyrrole nitrogens is 1. The van der Waals surface area contributed by atoms with Gasteiger partial charge in [0.15, 0.2) is 0 Å². The van der Waals surface area contributed by atoms with Crippen molar-refractivity contribution >= 4 is 27.4 Å². The van der Waals surface area contributed by atoms with E-state index >= 15 is 0 Å². The van der Waals surface area contributed by atoms with Crippen molar-refractivity contribution < 1.29 is 0 Å². The van der Waals surface area contributed by atoms with Gasteiger partial charge in [0.05, 0.1) is 11.9 Å². The van der Waals surface area contributed by atoms with Crippen molar-refractivity contribution in [2.45, 2.75) is 18.9 Å². The number of nitrogens with one attached hydrogen (secondary N) is 1. The molecular weight excluding hydrogens is 298 g/mol. The van der Waals surface area contributed by atoms with Gasteiger partial charge in [-0.1, -0.05) is 0 Å². The van der Waals surface area contributed by atoms with E-state index in [0.29, 0.717) is 16.5 Å². The summed E-state index contributed by atoms with van der Waals surface area (Å²) in [7, 11) is 1.72. The maximum atomic E-state index is 12.2. The first-order valence-electron chi connectivity index (χ1n) is 5.68. The Morgan fingerprint density at radius 1 is 1.56 bits per heavy atom. The van der Waals surface area contributed by atoms with Crippen molar-refractivity contribution in [3.05, 3.63) is 33.5 Å². The lowest BCUT2D eigenvalue weighted by molar-refractivity contribution is 0.807. The predicted molar refractivity (Wildman–Crippen MR) is 70.9 cm³/mol. The molecule has 7 heteroatoms. The van der Waals surface area contributed by atoms with Gasteiger partial charge in [0.25, 0.3) is 5.56 Å². The van der Waals surface area contributed by atoms with Crippen molar-refractivity contribution in [1.29, 1.82) is 0 Å². The smallest absolute Gasteiger partial charge is 0.293 e. The first-order valence-corrected chi connectivity index (χ1v) is 6.47. The van der Waals surface area contributed by atoms with E-state index < -0.39 is 0 Å². The number of halogens is 1. The first-order chi connectivity index (χ1) is 8.66. The minimum atomic E-state index is -0.105. The van der Waals surface area contributed by atoms with E-state index in [4.69, 9.17) is 0 Å². The highest BCUT2D eigenvalue weighted by atomic mass is 79.9. The monoisotopic (exact) mass is 309 g/mol. The van der Waals surface area contributed by atoms with Crippen LogP contribution in [-0.2, 0) is 7.05 Å². The third kappa shape index (κ3) is 1.94. The fraction of sp³-hybridized carbons (Fsp3) is 0.364. The second kappa shape index (κ2) is 4.24. The highest BCUT2D eigenvalue weighted by molar-refractivity contribution is 9.10. The van der Waals surface area contributed by atoms with Gasteiger partial charge in [-0.15, -0.1) is 0 Å². The number of aromatic amines is 1. The fourth-order valence-corrected chi connectivity index (χ4v) is 2.40. The Morgan fingerprint density at radius 3 is 2.94 bits per heavy atom. The van der Waals surface area contributed by atoms with Crippen molar-refractivity contribution in [2.24, 2.45) is 7.05 Å². The van der Waals surface area contributed by atoms with Crippen LogP contribution in [0, 0.1) is 0 Å². The summed E-state index contributed by atoms with van der Waals surface area (Å²) in [6.07, 6.45) is 7.29. The molecule has 2 aromatic rings. The molecule has 0 aromatic carbocycles. The van der Waals surface area contributed by atoms with Gasteiger partial charge >= 0.3 is 0 Å². The molecule has 0 saturated heterocycles. The van der Waals surface area contributed by atoms with Gasteiger partial charge in [-0.25, -0.2) is 4.98 Å². The molecule has 1 aliphatic carbocycles. The molecule has 2 aromatic heterocycles. The Hall–Kier alpha value is -1.63. The van der Waals surface area contributed by atoms with E-state index in [-0.39, 0.29) is 5.56 Å². The maximum Gasteiger partial charge on any atom is 0.293 e. The van der Waals surface area contributed by atoms with Crippen LogP contribution < -0.4 is 10.5 Å². The average molecular weight is 310 g/mol. The second-order valence-electron chi connectivity index (χ2n) is 4.36. The van der Waals surface area contributed by atoms with E-state index in [1.165, 1.54) is 4.57 Å². The number of aryl methyl sites for hydroxylation is 1. The molecule has 0 aliphatic heterocycles. The van der Waals surface area contributed by atoms with Gasteiger partial charge in [0, 0.05) is 25.5 Å². The third-order valence-corrected chi connectivity index (χ3v) is 3.31. The van der Waals surface area contributed by atoms with Gasteiger partial charge in [0.1, 0.15) is 4.60 Å². The second-order valence-corrected chi connectivity index (χ2v) is 5.17. The summed E-state index contributed by atoms with van der Waals surface area (Å²) in [5.41, 5.74) is 0.770. The van der Waals surface area contributed by atoms with Crippen LogP contribution in [0.5, 0.6) is 0 Å². The summed E-state index contributed by atoms with van der Waals surface area (Å²) < 4.78 is 2.18. The lowest BCUT2D eigenvalue weighted by Crippen LogP contribution is -2.30. The zero-order chi connectivity index (χ0) is 12.7. The van der Waals surface area contributed by atoms with E-state index in [1.807, 2.05) is 4.90 Å². The normalized spacial score (nSPS) is 14.8. The van der Waals surface area contributed by atoms with Crippen LogP contribution in [0.1, 0.15) is 12.8 Å². The van der Waals surface area contributed by atoms with Crippen molar-refractivity contribution in [3.8, 4) is 0 Å². The predicted octanol–water partition coefficient (Wildman–Crippen LogP) is 1.57. The summed E-state index contributed by atoms with van der Waals surface area (Å²) in [5, 5.41) is 6.71. The number of aromatic nitrogens is 4. The highest BCUT2D eigenvalue weighted by Crippen LogP contribution is 2.35. The minimum absolute atomic E-state index is 0.105. The van der Waals surface area contributed by atoms with Crippen LogP contribution in [-0.4, -0.2) is 25.8 Å². The first kappa shape index (κ1) is 11.5. The number of hydrogen-bond donors (Lipinski definition) is 1. The summed E-state index contributed by atoms with van der Waals surface area (Å²) in [6, 6.07) is 0.345. The van der Waals surface area contributed by atoms with Gasteiger partial charge in [-0.2, -0.15) is 5.10 Å². The topological polar surface area (TPSA) is 66.8 Å². The standard InChI is InChI=1S/C11H12BrN5O/c1-16-6-9(12)15-10(11(16)18)17(7-2-3-7)8-4-13-14-5-8/h4-7H,2-3H2,1H3,(H,13,14). The van der Waals surface area contributed by atoms with E-state index in [1.54, 1.807) is 25.6 Å². The molecule has 0 bridgehead atoms. The molecule has 2 heterocycles. The zero-order valence-electron chi connectivity index (χ0n) is 9.80. The Morgan fingerprint density at radius 2 is 2.33 bits per heavy atom. The molecule has 0 atom stereocenters. The lowest BCUT2D eigenvalue weighted by atomic mass is 10.4. The highest BCUT2D eigenvalue weighted by Gasteiger charge is 2.33. The largest absolute Gasteiger partial charge is 0.316 e. The summed E-state index contributed by atoms with van der Waals surface area (Å²) in [4.78, 5) is 18.5. The van der Waals surface area contributed by atoms with E-state index in [0.717, 1.165) is 18.5 Å². The Bertz CT molecular complexity index is 617. The number of nitrogens with zero attached hydrogens (tertiary/aromatic N) is 4. The van der Waals surface area contributed by atoms with Crippen molar-refractivity contribution in [2.75, 3.05) is 4.90 Å². The van der Waals surface area contributed by atoms with Gasteiger partial charge in [-0.3, -0.25) is 9.89 Å². The molecule has 1 saturated carbocycles. The fourth-order valence-electron chi connectivity index (χ4n) is 1.93. The Kier molecular flexibility index (Phi) is 2.70. The Labute approximate surface area is 112 Å². The van der Waals surface area contributed by atoms with Crippen LogP contribution in [0.3, 0.4) is 0 Å². The van der Waals surface area contributed by atoms with Gasteiger partial charge in [0.2, 0.25) is 5.82 Å². The molecule has 0 unspecified atom stereocenters. The summed E-state index contributed by atoms with van der Waals surface area (Å²) >= 11 is 3.33. The molecule has 3 rings (SSSR count). The lowest BCUT2D eigenvalue weighted by Gasteiger charge is -2.21. The van der Waals surface area contributed by atoms with Crippen LogP contribution in [0.25, 0.3) is 0 Å². The molecule has 1 aliphatic rings. The third-order valence-electron chi connectivity index (χ3n) is 2.93. The van der Waals surface area contributed by atoms with Crippen molar-refractivity contribution in [1.82, 2.24) is 19.7 Å².